The fraction of sp³-hybridized carbons (Fsp3) is 0.0769. The lowest BCUT2D eigenvalue weighted by atomic mass is 9.76. The van der Waals surface area contributed by atoms with E-state index in [-0.39, 0.29) is 0 Å². The minimum atomic E-state index is -3.37. The van der Waals surface area contributed by atoms with Gasteiger partial charge in [0.25, 0.3) is 0 Å². The third kappa shape index (κ3) is 4.34. The standard InChI is InChI=1S/C39H32O3P2/c1-39(2)33-25-15-27-35(43(40,29-17-7-3-8-18-29)30-19-9-4-10-20-30)37(33)42-38-34(39)26-16-28-36(38)44(41,31-21-11-5-12-22-31)32-23-13-6-14-24-32/h3-28H,1-2H3. The summed E-state index contributed by atoms with van der Waals surface area (Å²) in [5.74, 6) is 1.14. The molecule has 0 saturated carbocycles. The quantitative estimate of drug-likeness (QED) is 0.185. The summed E-state index contributed by atoms with van der Waals surface area (Å²) in [6.45, 7) is 4.32. The van der Waals surface area contributed by atoms with Gasteiger partial charge in [-0.05, 0) is 12.1 Å². The molecular formula is C39H32O3P2. The normalized spacial score (nSPS) is 13.8. The summed E-state index contributed by atoms with van der Waals surface area (Å²) in [6.07, 6.45) is 0. The van der Waals surface area contributed by atoms with Crippen LogP contribution in [0.3, 0.4) is 0 Å². The molecule has 6 aromatic rings. The third-order valence-electron chi connectivity index (χ3n) is 8.70. The van der Waals surface area contributed by atoms with Crippen molar-refractivity contribution < 1.29 is 13.9 Å². The highest BCUT2D eigenvalue weighted by Gasteiger charge is 2.43. The zero-order valence-electron chi connectivity index (χ0n) is 24.6. The monoisotopic (exact) mass is 610 g/mol. The van der Waals surface area contributed by atoms with E-state index in [0.717, 1.165) is 32.3 Å². The van der Waals surface area contributed by atoms with Crippen LogP contribution in [0, 0.1) is 0 Å². The van der Waals surface area contributed by atoms with Crippen molar-refractivity contribution in [2.45, 2.75) is 19.3 Å². The molecule has 0 bridgehead atoms. The Hall–Kier alpha value is -4.42. The van der Waals surface area contributed by atoms with E-state index in [9.17, 15) is 0 Å². The van der Waals surface area contributed by atoms with Gasteiger partial charge < -0.3 is 13.9 Å². The highest BCUT2D eigenvalue weighted by Crippen LogP contribution is 2.55. The van der Waals surface area contributed by atoms with Crippen LogP contribution in [0.5, 0.6) is 11.5 Å². The van der Waals surface area contributed by atoms with Crippen molar-refractivity contribution in [3.05, 3.63) is 169 Å². The van der Waals surface area contributed by atoms with Crippen LogP contribution in [0.25, 0.3) is 0 Å². The zero-order chi connectivity index (χ0) is 30.4. The van der Waals surface area contributed by atoms with Gasteiger partial charge in [0.1, 0.15) is 11.5 Å². The lowest BCUT2D eigenvalue weighted by molar-refractivity contribution is 0.424. The van der Waals surface area contributed by atoms with E-state index in [4.69, 9.17) is 4.74 Å². The van der Waals surface area contributed by atoms with Gasteiger partial charge in [-0.2, -0.15) is 0 Å². The lowest BCUT2D eigenvalue weighted by Crippen LogP contribution is -2.34. The van der Waals surface area contributed by atoms with E-state index in [1.165, 1.54) is 0 Å². The van der Waals surface area contributed by atoms with Crippen molar-refractivity contribution in [3.63, 3.8) is 0 Å². The van der Waals surface area contributed by atoms with Crippen molar-refractivity contribution in [2.24, 2.45) is 0 Å². The van der Waals surface area contributed by atoms with Crippen LogP contribution in [0.4, 0.5) is 0 Å². The Kier molecular flexibility index (Phi) is 7.05. The van der Waals surface area contributed by atoms with Crippen LogP contribution in [-0.4, -0.2) is 0 Å². The molecule has 0 fully saturated rings. The Labute approximate surface area is 258 Å². The van der Waals surface area contributed by atoms with Gasteiger partial charge in [-0.1, -0.05) is 159 Å². The summed E-state index contributed by atoms with van der Waals surface area (Å²) in [5, 5.41) is 4.21. The maximum absolute atomic E-state index is 15.6. The molecule has 44 heavy (non-hydrogen) atoms. The Morgan fingerprint density at radius 2 is 0.705 bits per heavy atom. The SMILES string of the molecule is CC1(C)c2cccc(P(=O)(c3ccccc3)c3ccccc3)c2Oc2c1cccc2P(=O)(c1ccccc1)c1ccccc1. The summed E-state index contributed by atoms with van der Waals surface area (Å²) in [4.78, 5) is 0. The van der Waals surface area contributed by atoms with E-state index in [2.05, 4.69) is 26.0 Å². The van der Waals surface area contributed by atoms with Gasteiger partial charge in [-0.3, -0.25) is 0 Å². The van der Waals surface area contributed by atoms with E-state index >= 15 is 9.13 Å². The summed E-state index contributed by atoms with van der Waals surface area (Å²) in [5.41, 5.74) is 1.37. The first-order valence-electron chi connectivity index (χ1n) is 14.7. The predicted molar refractivity (Wildman–Crippen MR) is 184 cm³/mol. The van der Waals surface area contributed by atoms with Crippen LogP contribution >= 0.6 is 14.3 Å². The number of fused-ring (bicyclic) bond motifs is 2. The summed E-state index contributed by atoms with van der Waals surface area (Å²) in [7, 11) is -6.74. The first-order chi connectivity index (χ1) is 21.4. The van der Waals surface area contributed by atoms with Gasteiger partial charge >= 0.3 is 0 Å². The summed E-state index contributed by atoms with van der Waals surface area (Å²) >= 11 is 0. The van der Waals surface area contributed by atoms with Crippen molar-refractivity contribution in [3.8, 4) is 11.5 Å². The third-order valence-corrected chi connectivity index (χ3v) is 14.9. The van der Waals surface area contributed by atoms with Crippen LogP contribution in [0.15, 0.2) is 158 Å². The number of rotatable bonds is 6. The van der Waals surface area contributed by atoms with Crippen molar-refractivity contribution in [1.29, 1.82) is 0 Å². The number of hydrogen-bond acceptors (Lipinski definition) is 3. The Morgan fingerprint density at radius 3 is 1.00 bits per heavy atom. The van der Waals surface area contributed by atoms with E-state index in [1.807, 2.05) is 146 Å². The molecule has 0 N–H and O–H groups in total. The van der Waals surface area contributed by atoms with Gasteiger partial charge in [-0.25, -0.2) is 0 Å². The van der Waals surface area contributed by atoms with E-state index < -0.39 is 19.7 Å². The van der Waals surface area contributed by atoms with Gasteiger partial charge in [0.05, 0.1) is 10.6 Å². The van der Waals surface area contributed by atoms with Gasteiger partial charge in [0.15, 0.2) is 14.3 Å². The molecule has 6 aromatic carbocycles. The molecule has 0 unspecified atom stereocenters. The average molecular weight is 611 g/mol. The minimum absolute atomic E-state index is 0.522. The molecule has 7 rings (SSSR count). The first kappa shape index (κ1) is 28.4. The molecule has 1 aliphatic heterocycles. The van der Waals surface area contributed by atoms with Gasteiger partial charge in [0, 0.05) is 37.8 Å². The molecule has 216 valence electrons. The Balaban J connectivity index is 1.52. The first-order valence-corrected chi connectivity index (χ1v) is 18.2. The molecule has 5 heteroatoms. The number of hydrogen-bond donors (Lipinski definition) is 0. The molecular weight excluding hydrogens is 578 g/mol. The largest absolute Gasteiger partial charge is 0.455 e. The van der Waals surface area contributed by atoms with Crippen LogP contribution in [0.2, 0.25) is 0 Å². The van der Waals surface area contributed by atoms with Crippen molar-refractivity contribution >= 4 is 46.1 Å². The van der Waals surface area contributed by atoms with Gasteiger partial charge in [0.2, 0.25) is 0 Å². The molecule has 1 heterocycles. The molecule has 0 spiro atoms. The van der Waals surface area contributed by atoms with Crippen LogP contribution < -0.4 is 36.6 Å². The second-order valence-corrected chi connectivity index (χ2v) is 17.1. The molecule has 0 aromatic heterocycles. The molecule has 0 aliphatic carbocycles. The van der Waals surface area contributed by atoms with Gasteiger partial charge in [-0.15, -0.1) is 0 Å². The van der Waals surface area contributed by atoms with E-state index in [1.54, 1.807) is 0 Å². The molecule has 0 amide bonds. The zero-order valence-corrected chi connectivity index (χ0v) is 26.4. The lowest BCUT2D eigenvalue weighted by Gasteiger charge is -2.38. The van der Waals surface area contributed by atoms with Crippen LogP contribution in [-0.2, 0) is 14.5 Å². The second-order valence-electron chi connectivity index (χ2n) is 11.6. The second kappa shape index (κ2) is 10.9. The molecule has 1 aliphatic rings. The fourth-order valence-corrected chi connectivity index (χ4v) is 12.0. The maximum atomic E-state index is 15.6. The smallest absolute Gasteiger partial charge is 0.174 e. The maximum Gasteiger partial charge on any atom is 0.174 e. The highest BCUT2D eigenvalue weighted by atomic mass is 31.2. The summed E-state index contributed by atoms with van der Waals surface area (Å²) in [6, 6.07) is 50.5. The number of para-hydroxylation sites is 2. The Bertz CT molecular complexity index is 1820. The van der Waals surface area contributed by atoms with Crippen molar-refractivity contribution in [2.75, 3.05) is 0 Å². The number of benzene rings is 6. The molecule has 0 radical (unpaired) electrons. The fourth-order valence-electron chi connectivity index (χ4n) is 6.40. The summed E-state index contributed by atoms with van der Waals surface area (Å²) < 4.78 is 38.2. The van der Waals surface area contributed by atoms with Crippen LogP contribution in [0.1, 0.15) is 25.0 Å². The molecule has 3 nitrogen and oxygen atoms in total. The average Bonchev–Trinajstić information content (AvgIpc) is 3.09. The molecule has 0 saturated heterocycles. The topological polar surface area (TPSA) is 43.4 Å². The van der Waals surface area contributed by atoms with Crippen molar-refractivity contribution in [1.82, 2.24) is 0 Å². The molecule has 0 atom stereocenters. The predicted octanol–water partition coefficient (Wildman–Crippen LogP) is 7.40. The number of ether oxygens (including phenoxy) is 1. The minimum Gasteiger partial charge on any atom is -0.455 e. The Morgan fingerprint density at radius 1 is 0.409 bits per heavy atom. The van der Waals surface area contributed by atoms with E-state index in [0.29, 0.717) is 22.1 Å². The highest BCUT2D eigenvalue weighted by molar-refractivity contribution is 7.86.